The van der Waals surface area contributed by atoms with Gasteiger partial charge in [-0.3, -0.25) is 9.59 Å². The molecule has 5 heteroatoms. The number of nitrogens with zero attached hydrogens (tertiary/aromatic N) is 2. The molecular weight excluding hydrogens is 254 g/mol. The molecule has 0 aliphatic carbocycles. The Hall–Kier alpha value is -1.88. The first-order valence-corrected chi connectivity index (χ1v) is 6.87. The molecule has 1 fully saturated rings. The molecule has 1 N–H and O–H groups in total. The molecule has 0 atom stereocenters. The van der Waals surface area contributed by atoms with E-state index in [-0.39, 0.29) is 18.1 Å². The van der Waals surface area contributed by atoms with Crippen LogP contribution in [0.15, 0.2) is 24.3 Å². The van der Waals surface area contributed by atoms with Crippen LogP contribution in [-0.4, -0.2) is 49.8 Å². The molecule has 108 valence electrons. The van der Waals surface area contributed by atoms with Crippen LogP contribution in [0.1, 0.15) is 13.3 Å². The number of anilines is 2. The minimum atomic E-state index is -0.259. The van der Waals surface area contributed by atoms with Crippen molar-refractivity contribution in [3.8, 4) is 0 Å². The van der Waals surface area contributed by atoms with Crippen LogP contribution in [0.5, 0.6) is 0 Å². The summed E-state index contributed by atoms with van der Waals surface area (Å²) in [5.41, 5.74) is 1.90. The highest BCUT2D eigenvalue weighted by Crippen LogP contribution is 2.19. The second-order valence-electron chi connectivity index (χ2n) is 5.26. The van der Waals surface area contributed by atoms with Crippen molar-refractivity contribution in [1.29, 1.82) is 0 Å². The van der Waals surface area contributed by atoms with Crippen molar-refractivity contribution in [3.63, 3.8) is 0 Å². The molecule has 0 bridgehead atoms. The third-order valence-corrected chi connectivity index (χ3v) is 3.43. The lowest BCUT2D eigenvalue weighted by Crippen LogP contribution is -2.44. The lowest BCUT2D eigenvalue weighted by Gasteiger charge is -2.34. The Bertz CT molecular complexity index is 476. The normalized spacial score (nSPS) is 16.0. The first-order chi connectivity index (χ1) is 9.54. The molecule has 1 aromatic rings. The second kappa shape index (κ2) is 6.52. The van der Waals surface area contributed by atoms with Crippen LogP contribution >= 0.6 is 0 Å². The van der Waals surface area contributed by atoms with E-state index in [9.17, 15) is 9.59 Å². The van der Waals surface area contributed by atoms with Gasteiger partial charge < -0.3 is 15.1 Å². The largest absolute Gasteiger partial charge is 0.369 e. The minimum absolute atomic E-state index is 0.0692. The van der Waals surface area contributed by atoms with E-state index >= 15 is 0 Å². The van der Waals surface area contributed by atoms with Gasteiger partial charge in [0.15, 0.2) is 0 Å². The summed E-state index contributed by atoms with van der Waals surface area (Å²) in [7, 11) is 2.13. The van der Waals surface area contributed by atoms with Crippen LogP contribution in [-0.2, 0) is 9.59 Å². The smallest absolute Gasteiger partial charge is 0.231 e. The minimum Gasteiger partial charge on any atom is -0.369 e. The Morgan fingerprint density at radius 1 is 1.10 bits per heavy atom. The highest BCUT2D eigenvalue weighted by atomic mass is 16.2. The Labute approximate surface area is 119 Å². The van der Waals surface area contributed by atoms with E-state index in [1.165, 1.54) is 12.6 Å². The molecule has 1 aliphatic heterocycles. The molecule has 2 rings (SSSR count). The van der Waals surface area contributed by atoms with Crippen LogP contribution in [0.25, 0.3) is 0 Å². The maximum atomic E-state index is 11.5. The molecule has 0 spiro atoms. The number of carbonyl (C=O) groups is 2. The summed E-state index contributed by atoms with van der Waals surface area (Å²) in [5, 5.41) is 2.72. The molecule has 5 nitrogen and oxygen atoms in total. The maximum Gasteiger partial charge on any atom is 0.231 e. The van der Waals surface area contributed by atoms with Crippen molar-refractivity contribution < 1.29 is 9.59 Å². The standard InChI is InChI=1S/C15H21N3O2/c1-12(19)11-15(20)16-13-3-5-14(6-4-13)18-9-7-17(2)8-10-18/h3-6H,7-11H2,1-2H3,(H,16,20). The Morgan fingerprint density at radius 3 is 2.25 bits per heavy atom. The predicted octanol–water partition coefficient (Wildman–Crippen LogP) is 1.36. The summed E-state index contributed by atoms with van der Waals surface area (Å²) in [4.78, 5) is 27.0. The number of Topliss-reactive ketones (excluding diaryl/α,β-unsaturated/α-hetero) is 1. The molecule has 1 aromatic carbocycles. The molecule has 1 amide bonds. The molecule has 0 radical (unpaired) electrons. The molecule has 0 saturated carbocycles. The van der Waals surface area contributed by atoms with Crippen molar-refractivity contribution in [2.45, 2.75) is 13.3 Å². The van der Waals surface area contributed by atoms with Gasteiger partial charge in [-0.2, -0.15) is 0 Å². The van der Waals surface area contributed by atoms with Gasteiger partial charge in [0, 0.05) is 37.6 Å². The van der Waals surface area contributed by atoms with Crippen molar-refractivity contribution in [1.82, 2.24) is 4.90 Å². The van der Waals surface area contributed by atoms with Gasteiger partial charge in [0.2, 0.25) is 5.91 Å². The molecular formula is C15H21N3O2. The van der Waals surface area contributed by atoms with Crippen LogP contribution in [0, 0.1) is 0 Å². The van der Waals surface area contributed by atoms with E-state index in [4.69, 9.17) is 0 Å². The van der Waals surface area contributed by atoms with Crippen molar-refractivity contribution >= 4 is 23.1 Å². The summed E-state index contributed by atoms with van der Waals surface area (Å²) in [5.74, 6) is -0.388. The van der Waals surface area contributed by atoms with Crippen molar-refractivity contribution in [3.05, 3.63) is 24.3 Å². The fourth-order valence-electron chi connectivity index (χ4n) is 2.25. The van der Waals surface area contributed by atoms with Crippen LogP contribution in [0.2, 0.25) is 0 Å². The number of rotatable bonds is 4. The fourth-order valence-corrected chi connectivity index (χ4v) is 2.25. The number of carbonyl (C=O) groups excluding carboxylic acids is 2. The Morgan fingerprint density at radius 2 is 1.70 bits per heavy atom. The van der Waals surface area contributed by atoms with Crippen molar-refractivity contribution in [2.75, 3.05) is 43.4 Å². The third-order valence-electron chi connectivity index (χ3n) is 3.43. The van der Waals surface area contributed by atoms with Gasteiger partial charge in [-0.15, -0.1) is 0 Å². The van der Waals surface area contributed by atoms with Gasteiger partial charge in [-0.25, -0.2) is 0 Å². The summed E-state index contributed by atoms with van der Waals surface area (Å²) < 4.78 is 0. The van der Waals surface area contributed by atoms with Crippen LogP contribution < -0.4 is 10.2 Å². The lowest BCUT2D eigenvalue weighted by molar-refractivity contribution is -0.124. The van der Waals surface area contributed by atoms with Gasteiger partial charge in [-0.05, 0) is 38.2 Å². The summed E-state index contributed by atoms with van der Waals surface area (Å²) >= 11 is 0. The Kier molecular flexibility index (Phi) is 4.74. The monoisotopic (exact) mass is 275 g/mol. The van der Waals surface area contributed by atoms with E-state index in [1.54, 1.807) is 0 Å². The van der Waals surface area contributed by atoms with E-state index < -0.39 is 0 Å². The van der Waals surface area contributed by atoms with Gasteiger partial charge in [0.1, 0.15) is 5.78 Å². The molecule has 0 unspecified atom stereocenters. The predicted molar refractivity (Wildman–Crippen MR) is 80.1 cm³/mol. The zero-order valence-corrected chi connectivity index (χ0v) is 12.1. The highest BCUT2D eigenvalue weighted by molar-refractivity contribution is 6.03. The number of nitrogens with one attached hydrogen (secondary N) is 1. The zero-order chi connectivity index (χ0) is 14.5. The Balaban J connectivity index is 1.92. The SMILES string of the molecule is CC(=O)CC(=O)Nc1ccc(N2CCN(C)CC2)cc1. The van der Waals surface area contributed by atoms with Crippen LogP contribution in [0.3, 0.4) is 0 Å². The number of likely N-dealkylation sites (N-methyl/N-ethyl adjacent to an activating group) is 1. The fraction of sp³-hybridized carbons (Fsp3) is 0.467. The summed E-state index contributed by atoms with van der Waals surface area (Å²) in [6.07, 6.45) is -0.0692. The number of hydrogen-bond donors (Lipinski definition) is 1. The molecule has 20 heavy (non-hydrogen) atoms. The number of ketones is 1. The van der Waals surface area contributed by atoms with Gasteiger partial charge >= 0.3 is 0 Å². The molecule has 0 aromatic heterocycles. The third kappa shape index (κ3) is 4.06. The van der Waals surface area contributed by atoms with E-state index in [0.29, 0.717) is 0 Å². The number of hydrogen-bond acceptors (Lipinski definition) is 4. The van der Waals surface area contributed by atoms with Gasteiger partial charge in [-0.1, -0.05) is 0 Å². The zero-order valence-electron chi connectivity index (χ0n) is 12.1. The molecule has 1 heterocycles. The van der Waals surface area contributed by atoms with Crippen molar-refractivity contribution in [2.24, 2.45) is 0 Å². The summed E-state index contributed by atoms with van der Waals surface area (Å²) in [6.45, 7) is 5.59. The average molecular weight is 275 g/mol. The van der Waals surface area contributed by atoms with E-state index in [0.717, 1.165) is 31.9 Å². The topological polar surface area (TPSA) is 52.7 Å². The van der Waals surface area contributed by atoms with Gasteiger partial charge in [0.05, 0.1) is 6.42 Å². The maximum absolute atomic E-state index is 11.5. The first kappa shape index (κ1) is 14.5. The second-order valence-corrected chi connectivity index (χ2v) is 5.26. The summed E-state index contributed by atoms with van der Waals surface area (Å²) in [6, 6.07) is 7.78. The number of benzene rings is 1. The van der Waals surface area contributed by atoms with Crippen LogP contribution in [0.4, 0.5) is 11.4 Å². The quantitative estimate of drug-likeness (QED) is 0.843. The van der Waals surface area contributed by atoms with E-state index in [2.05, 4.69) is 22.2 Å². The number of piperazine rings is 1. The lowest BCUT2D eigenvalue weighted by atomic mass is 10.2. The molecule has 1 aliphatic rings. The van der Waals surface area contributed by atoms with Gasteiger partial charge in [0.25, 0.3) is 0 Å². The highest BCUT2D eigenvalue weighted by Gasteiger charge is 2.14. The number of amides is 1. The molecule has 1 saturated heterocycles. The first-order valence-electron chi connectivity index (χ1n) is 6.87. The van der Waals surface area contributed by atoms with E-state index in [1.807, 2.05) is 24.3 Å². The average Bonchev–Trinajstić information content (AvgIpc) is 2.39.